The van der Waals surface area contributed by atoms with Gasteiger partial charge in [0.1, 0.15) is 0 Å². The van der Waals surface area contributed by atoms with Crippen LogP contribution in [0.25, 0.3) is 0 Å². The molecule has 1 aromatic heterocycles. The molecule has 0 aromatic carbocycles. The lowest BCUT2D eigenvalue weighted by Gasteiger charge is -2.25. The molecule has 0 saturated carbocycles. The molecule has 2 amide bonds. The molecule has 0 bridgehead atoms. The van der Waals surface area contributed by atoms with Crippen LogP contribution in [0.5, 0.6) is 0 Å². The number of aromatic nitrogens is 2. The minimum absolute atomic E-state index is 0.0601. The van der Waals surface area contributed by atoms with E-state index in [0.29, 0.717) is 13.0 Å². The summed E-state index contributed by atoms with van der Waals surface area (Å²) in [6.45, 7) is 6.38. The number of hydrogen-bond acceptors (Lipinski definition) is 3. The summed E-state index contributed by atoms with van der Waals surface area (Å²) in [6.07, 6.45) is 2.16. The summed E-state index contributed by atoms with van der Waals surface area (Å²) >= 11 is 0. The van der Waals surface area contributed by atoms with Crippen LogP contribution >= 0.6 is 0 Å². The predicted molar refractivity (Wildman–Crippen MR) is 78.7 cm³/mol. The highest BCUT2D eigenvalue weighted by molar-refractivity contribution is 5.75. The van der Waals surface area contributed by atoms with E-state index in [0.717, 1.165) is 5.69 Å². The van der Waals surface area contributed by atoms with Crippen LogP contribution < -0.4 is 10.6 Å². The molecule has 0 radical (unpaired) electrons. The Kier molecular flexibility index (Phi) is 5.75. The number of rotatable bonds is 6. The lowest BCUT2D eigenvalue weighted by molar-refractivity contribution is -0.137. The van der Waals surface area contributed by atoms with E-state index in [-0.39, 0.29) is 17.9 Å². The lowest BCUT2D eigenvalue weighted by Crippen LogP contribution is -2.44. The SMILES string of the molecule is Cn1nccc1CNC(=O)NC(CC(=O)O)CC(C)(C)C. The molecule has 118 valence electrons. The summed E-state index contributed by atoms with van der Waals surface area (Å²) in [5.74, 6) is -0.920. The summed E-state index contributed by atoms with van der Waals surface area (Å²) in [7, 11) is 1.79. The number of carbonyl (C=O) groups excluding carboxylic acids is 1. The molecule has 1 unspecified atom stereocenters. The van der Waals surface area contributed by atoms with Gasteiger partial charge >= 0.3 is 12.0 Å². The zero-order valence-electron chi connectivity index (χ0n) is 13.0. The largest absolute Gasteiger partial charge is 0.481 e. The van der Waals surface area contributed by atoms with Gasteiger partial charge in [-0.15, -0.1) is 0 Å². The first kappa shape index (κ1) is 17.0. The first-order valence-electron chi connectivity index (χ1n) is 6.90. The molecule has 0 fully saturated rings. The lowest BCUT2D eigenvalue weighted by atomic mass is 9.87. The molecule has 21 heavy (non-hydrogen) atoms. The van der Waals surface area contributed by atoms with Crippen molar-refractivity contribution in [1.29, 1.82) is 0 Å². The highest BCUT2D eigenvalue weighted by Crippen LogP contribution is 2.22. The van der Waals surface area contributed by atoms with Crippen LogP contribution in [0, 0.1) is 5.41 Å². The molecule has 0 saturated heterocycles. The Morgan fingerprint density at radius 3 is 2.57 bits per heavy atom. The smallest absolute Gasteiger partial charge is 0.315 e. The number of aryl methyl sites for hydroxylation is 1. The Balaban J connectivity index is 2.51. The van der Waals surface area contributed by atoms with Crippen LogP contribution in [-0.4, -0.2) is 32.9 Å². The van der Waals surface area contributed by atoms with Gasteiger partial charge in [0, 0.05) is 19.3 Å². The molecule has 0 aliphatic heterocycles. The average molecular weight is 296 g/mol. The fraction of sp³-hybridized carbons (Fsp3) is 0.643. The van der Waals surface area contributed by atoms with Crippen LogP contribution in [0.2, 0.25) is 0 Å². The molecule has 1 atom stereocenters. The molecule has 1 rings (SSSR count). The number of carboxylic acids is 1. The van der Waals surface area contributed by atoms with Crippen molar-refractivity contribution in [1.82, 2.24) is 20.4 Å². The van der Waals surface area contributed by atoms with Crippen molar-refractivity contribution in [3.8, 4) is 0 Å². The van der Waals surface area contributed by atoms with Crippen LogP contribution in [0.3, 0.4) is 0 Å². The van der Waals surface area contributed by atoms with E-state index in [2.05, 4.69) is 15.7 Å². The Hall–Kier alpha value is -2.05. The first-order chi connectivity index (χ1) is 9.67. The van der Waals surface area contributed by atoms with E-state index in [4.69, 9.17) is 5.11 Å². The Morgan fingerprint density at radius 1 is 1.43 bits per heavy atom. The molecule has 7 nitrogen and oxygen atoms in total. The fourth-order valence-electron chi connectivity index (χ4n) is 2.11. The van der Waals surface area contributed by atoms with Gasteiger partial charge in [-0.05, 0) is 17.9 Å². The normalized spacial score (nSPS) is 12.8. The third-order valence-electron chi connectivity index (χ3n) is 2.97. The van der Waals surface area contributed by atoms with Gasteiger partial charge in [-0.3, -0.25) is 9.48 Å². The highest BCUT2D eigenvalue weighted by atomic mass is 16.4. The molecule has 0 aliphatic carbocycles. The maximum atomic E-state index is 11.9. The van der Waals surface area contributed by atoms with Gasteiger partial charge in [0.15, 0.2) is 0 Å². The van der Waals surface area contributed by atoms with Crippen LogP contribution in [0.15, 0.2) is 12.3 Å². The van der Waals surface area contributed by atoms with E-state index in [1.807, 2.05) is 26.8 Å². The number of hydrogen-bond donors (Lipinski definition) is 3. The second kappa shape index (κ2) is 7.10. The third kappa shape index (κ3) is 6.78. The topological polar surface area (TPSA) is 96.3 Å². The second-order valence-electron chi connectivity index (χ2n) is 6.33. The second-order valence-corrected chi connectivity index (χ2v) is 6.33. The first-order valence-corrected chi connectivity index (χ1v) is 6.90. The minimum atomic E-state index is -0.920. The van der Waals surface area contributed by atoms with Gasteiger partial charge in [0.25, 0.3) is 0 Å². The van der Waals surface area contributed by atoms with Gasteiger partial charge in [-0.1, -0.05) is 20.8 Å². The van der Waals surface area contributed by atoms with E-state index >= 15 is 0 Å². The van der Waals surface area contributed by atoms with E-state index in [1.54, 1.807) is 17.9 Å². The van der Waals surface area contributed by atoms with Crippen LogP contribution in [0.4, 0.5) is 4.79 Å². The van der Waals surface area contributed by atoms with Crippen LogP contribution in [0.1, 0.15) is 39.3 Å². The monoisotopic (exact) mass is 296 g/mol. The van der Waals surface area contributed by atoms with Crippen molar-refractivity contribution in [2.75, 3.05) is 0 Å². The van der Waals surface area contributed by atoms with Crippen molar-refractivity contribution in [3.63, 3.8) is 0 Å². The van der Waals surface area contributed by atoms with Crippen molar-refractivity contribution in [2.24, 2.45) is 12.5 Å². The fourth-order valence-corrected chi connectivity index (χ4v) is 2.11. The summed E-state index contributed by atoms with van der Waals surface area (Å²) in [4.78, 5) is 22.8. The standard InChI is InChI=1S/C14H24N4O3/c1-14(2,3)8-10(7-12(19)20)17-13(21)15-9-11-5-6-16-18(11)4/h5-6,10H,7-9H2,1-4H3,(H,19,20)(H2,15,17,21). The number of nitrogens with one attached hydrogen (secondary N) is 2. The van der Waals surface area contributed by atoms with Gasteiger partial charge in [0.2, 0.25) is 0 Å². The minimum Gasteiger partial charge on any atom is -0.481 e. The summed E-state index contributed by atoms with van der Waals surface area (Å²) in [5.41, 5.74) is 0.811. The number of carbonyl (C=O) groups is 2. The molecule has 7 heteroatoms. The summed E-state index contributed by atoms with van der Waals surface area (Å²) in [5, 5.41) is 18.4. The van der Waals surface area contributed by atoms with E-state index < -0.39 is 12.0 Å². The number of carboxylic acid groups (broad SMARTS) is 1. The van der Waals surface area contributed by atoms with Crippen molar-refractivity contribution in [2.45, 2.75) is 46.2 Å². The maximum absolute atomic E-state index is 11.9. The molecular formula is C14H24N4O3. The van der Waals surface area contributed by atoms with Crippen LogP contribution in [-0.2, 0) is 18.4 Å². The van der Waals surface area contributed by atoms with Gasteiger partial charge < -0.3 is 15.7 Å². The van der Waals surface area contributed by atoms with E-state index in [9.17, 15) is 9.59 Å². The zero-order chi connectivity index (χ0) is 16.0. The highest BCUT2D eigenvalue weighted by Gasteiger charge is 2.22. The molecule has 0 aliphatic rings. The molecule has 3 N–H and O–H groups in total. The van der Waals surface area contributed by atoms with Crippen molar-refractivity contribution in [3.05, 3.63) is 18.0 Å². The predicted octanol–water partition coefficient (Wildman–Crippen LogP) is 1.50. The maximum Gasteiger partial charge on any atom is 0.315 e. The van der Waals surface area contributed by atoms with Gasteiger partial charge in [0.05, 0.1) is 18.7 Å². The van der Waals surface area contributed by atoms with Gasteiger partial charge in [-0.25, -0.2) is 4.79 Å². The quantitative estimate of drug-likeness (QED) is 0.741. The molecular weight excluding hydrogens is 272 g/mol. The average Bonchev–Trinajstić information content (AvgIpc) is 2.69. The third-order valence-corrected chi connectivity index (χ3v) is 2.97. The van der Waals surface area contributed by atoms with Crippen molar-refractivity contribution < 1.29 is 14.7 Å². The number of urea groups is 1. The number of aliphatic carboxylic acids is 1. The van der Waals surface area contributed by atoms with Crippen molar-refractivity contribution >= 4 is 12.0 Å². The molecule has 1 heterocycles. The number of nitrogens with zero attached hydrogens (tertiary/aromatic N) is 2. The molecule has 0 spiro atoms. The zero-order valence-corrected chi connectivity index (χ0v) is 13.0. The summed E-state index contributed by atoms with van der Waals surface area (Å²) < 4.78 is 1.67. The Labute approximate surface area is 124 Å². The van der Waals surface area contributed by atoms with E-state index in [1.165, 1.54) is 0 Å². The van der Waals surface area contributed by atoms with Gasteiger partial charge in [-0.2, -0.15) is 5.10 Å². The summed E-state index contributed by atoms with van der Waals surface area (Å²) in [6, 6.07) is 1.05. The molecule has 1 aromatic rings. The Morgan fingerprint density at radius 2 is 2.10 bits per heavy atom. The Bertz CT molecular complexity index is 491. The number of amides is 2.